The summed E-state index contributed by atoms with van der Waals surface area (Å²) in [7, 11) is 0. The van der Waals surface area contributed by atoms with Gasteiger partial charge >= 0.3 is 0 Å². The zero-order valence-electron chi connectivity index (χ0n) is 14.1. The molecule has 3 rings (SSSR count). The number of aliphatic hydroxyl groups is 1. The molecule has 3 aliphatic rings. The van der Waals surface area contributed by atoms with Crippen LogP contribution in [0.2, 0.25) is 0 Å². The van der Waals surface area contributed by atoms with E-state index >= 15 is 0 Å². The number of nitrogens with zero attached hydrogens (tertiary/aromatic N) is 1. The van der Waals surface area contributed by atoms with E-state index in [1.807, 2.05) is 4.90 Å². The van der Waals surface area contributed by atoms with Gasteiger partial charge in [-0.2, -0.15) is 0 Å². The van der Waals surface area contributed by atoms with Crippen LogP contribution in [0.15, 0.2) is 0 Å². The Bertz CT molecular complexity index is 475. The van der Waals surface area contributed by atoms with E-state index in [0.717, 1.165) is 32.2 Å². The van der Waals surface area contributed by atoms with Crippen LogP contribution >= 0.6 is 0 Å². The predicted molar refractivity (Wildman–Crippen MR) is 84.7 cm³/mol. The third-order valence-electron chi connectivity index (χ3n) is 5.43. The Kier molecular flexibility index (Phi) is 4.65. The number of hydrogen-bond donors (Lipinski definition) is 2. The fraction of sp³-hybridized carbons (Fsp3) is 0.882. The summed E-state index contributed by atoms with van der Waals surface area (Å²) in [4.78, 5) is 25.9. The van der Waals surface area contributed by atoms with Crippen LogP contribution in [0, 0.1) is 5.92 Å². The van der Waals surface area contributed by atoms with Crippen LogP contribution in [-0.4, -0.2) is 58.8 Å². The van der Waals surface area contributed by atoms with Gasteiger partial charge in [0, 0.05) is 26.3 Å². The van der Waals surface area contributed by atoms with Crippen LogP contribution < -0.4 is 5.32 Å². The Hall–Kier alpha value is -1.14. The highest BCUT2D eigenvalue weighted by atomic mass is 16.5. The molecule has 2 saturated heterocycles. The molecule has 23 heavy (non-hydrogen) atoms. The van der Waals surface area contributed by atoms with Crippen molar-refractivity contribution in [1.29, 1.82) is 0 Å². The van der Waals surface area contributed by atoms with Crippen LogP contribution in [0.25, 0.3) is 0 Å². The summed E-state index contributed by atoms with van der Waals surface area (Å²) in [6, 6.07) is -0.533. The van der Waals surface area contributed by atoms with Crippen molar-refractivity contribution >= 4 is 11.8 Å². The Morgan fingerprint density at radius 3 is 2.74 bits per heavy atom. The van der Waals surface area contributed by atoms with Crippen molar-refractivity contribution in [2.75, 3.05) is 13.2 Å². The molecular formula is C17H28N2O4. The molecule has 1 aliphatic carbocycles. The van der Waals surface area contributed by atoms with E-state index < -0.39 is 11.6 Å². The van der Waals surface area contributed by atoms with Crippen molar-refractivity contribution < 1.29 is 19.4 Å². The van der Waals surface area contributed by atoms with Gasteiger partial charge in [-0.1, -0.05) is 0 Å². The van der Waals surface area contributed by atoms with Gasteiger partial charge in [0.05, 0.1) is 30.4 Å². The van der Waals surface area contributed by atoms with Gasteiger partial charge in [0.25, 0.3) is 0 Å². The lowest BCUT2D eigenvalue weighted by Crippen LogP contribution is -2.56. The number of nitrogens with one attached hydrogen (secondary N) is 1. The quantitative estimate of drug-likeness (QED) is 0.806. The fourth-order valence-electron chi connectivity index (χ4n) is 3.86. The lowest BCUT2D eigenvalue weighted by Gasteiger charge is -2.42. The third-order valence-corrected chi connectivity index (χ3v) is 5.43. The first-order chi connectivity index (χ1) is 10.9. The molecule has 0 radical (unpaired) electrons. The highest BCUT2D eigenvalue weighted by Crippen LogP contribution is 2.36. The monoisotopic (exact) mass is 324 g/mol. The number of fused-ring (bicyclic) bond motifs is 1. The van der Waals surface area contributed by atoms with Gasteiger partial charge < -0.3 is 20.1 Å². The van der Waals surface area contributed by atoms with Crippen LogP contribution in [0.4, 0.5) is 0 Å². The molecule has 2 heterocycles. The molecule has 6 nitrogen and oxygen atoms in total. The summed E-state index contributed by atoms with van der Waals surface area (Å²) in [6.45, 7) is 4.21. The summed E-state index contributed by atoms with van der Waals surface area (Å²) in [5, 5.41) is 13.7. The van der Waals surface area contributed by atoms with Crippen molar-refractivity contribution in [1.82, 2.24) is 10.2 Å². The highest BCUT2D eigenvalue weighted by Gasteiger charge is 2.46. The summed E-state index contributed by atoms with van der Waals surface area (Å²) >= 11 is 0. The van der Waals surface area contributed by atoms with E-state index in [4.69, 9.17) is 4.74 Å². The fourth-order valence-corrected chi connectivity index (χ4v) is 3.86. The molecule has 6 heteroatoms. The third kappa shape index (κ3) is 3.86. The number of ether oxygens (including phenoxy) is 1. The molecule has 2 N–H and O–H groups in total. The maximum Gasteiger partial charge on any atom is 0.223 e. The number of carbonyl (C=O) groups excluding carboxylic acids is 2. The lowest BCUT2D eigenvalue weighted by molar-refractivity contribution is -0.141. The Morgan fingerprint density at radius 2 is 2.09 bits per heavy atom. The highest BCUT2D eigenvalue weighted by molar-refractivity contribution is 5.77. The number of carbonyl (C=O) groups is 2. The Labute approximate surface area is 137 Å². The molecule has 4 atom stereocenters. The molecular weight excluding hydrogens is 296 g/mol. The zero-order valence-corrected chi connectivity index (χ0v) is 14.1. The van der Waals surface area contributed by atoms with Gasteiger partial charge in [0.2, 0.25) is 11.8 Å². The maximum atomic E-state index is 12.6. The van der Waals surface area contributed by atoms with E-state index in [1.165, 1.54) is 6.92 Å². The summed E-state index contributed by atoms with van der Waals surface area (Å²) in [5.74, 6) is 0.576. The zero-order chi connectivity index (χ0) is 16.6. The number of hydrogen-bond acceptors (Lipinski definition) is 4. The minimum atomic E-state index is -1.08. The van der Waals surface area contributed by atoms with Crippen molar-refractivity contribution in [3.63, 3.8) is 0 Å². The maximum absolute atomic E-state index is 12.6. The molecule has 0 spiro atoms. The minimum Gasteiger partial charge on any atom is -0.388 e. The smallest absolute Gasteiger partial charge is 0.223 e. The molecule has 0 aromatic rings. The van der Waals surface area contributed by atoms with Crippen LogP contribution in [0.5, 0.6) is 0 Å². The normalized spacial score (nSPS) is 37.7. The van der Waals surface area contributed by atoms with Crippen molar-refractivity contribution in [2.45, 2.75) is 76.2 Å². The van der Waals surface area contributed by atoms with E-state index in [-0.39, 0.29) is 24.0 Å². The minimum absolute atomic E-state index is 0.0443. The molecule has 2 aliphatic heterocycles. The second-order valence-corrected chi connectivity index (χ2v) is 7.63. The van der Waals surface area contributed by atoms with E-state index in [9.17, 15) is 14.7 Å². The Balaban J connectivity index is 1.74. The van der Waals surface area contributed by atoms with Gasteiger partial charge in [0.15, 0.2) is 0 Å². The summed E-state index contributed by atoms with van der Waals surface area (Å²) in [6.07, 6.45) is 5.18. The van der Waals surface area contributed by atoms with Crippen molar-refractivity contribution in [3.05, 3.63) is 0 Å². The van der Waals surface area contributed by atoms with E-state index in [2.05, 4.69) is 5.32 Å². The molecule has 0 aromatic heterocycles. The molecule has 0 bridgehead atoms. The number of piperidine rings is 1. The number of amides is 2. The van der Waals surface area contributed by atoms with Gasteiger partial charge in [-0.25, -0.2) is 0 Å². The molecule has 0 unspecified atom stereocenters. The van der Waals surface area contributed by atoms with Gasteiger partial charge in [-0.05, 0) is 38.5 Å². The van der Waals surface area contributed by atoms with Gasteiger partial charge in [-0.15, -0.1) is 0 Å². The first kappa shape index (κ1) is 16.7. The second-order valence-electron chi connectivity index (χ2n) is 7.63. The SMILES string of the molecule is CC(=O)N[C@@H]1CO[C@@H]2CCCN(C(=O)CC3CC3)[C@@H]2C[C@@]1(C)O. The van der Waals surface area contributed by atoms with Crippen LogP contribution in [-0.2, 0) is 14.3 Å². The second kappa shape index (κ2) is 6.40. The lowest BCUT2D eigenvalue weighted by atomic mass is 9.85. The average Bonchev–Trinajstić information content (AvgIpc) is 3.27. The largest absolute Gasteiger partial charge is 0.388 e. The molecule has 0 aromatic carbocycles. The first-order valence-electron chi connectivity index (χ1n) is 8.77. The van der Waals surface area contributed by atoms with Crippen LogP contribution in [0.3, 0.4) is 0 Å². The van der Waals surface area contributed by atoms with Gasteiger partial charge in [-0.3, -0.25) is 9.59 Å². The predicted octanol–water partition coefficient (Wildman–Crippen LogP) is 0.822. The average molecular weight is 324 g/mol. The molecule has 3 fully saturated rings. The van der Waals surface area contributed by atoms with E-state index in [0.29, 0.717) is 25.4 Å². The van der Waals surface area contributed by atoms with Gasteiger partial charge in [0.1, 0.15) is 0 Å². The first-order valence-corrected chi connectivity index (χ1v) is 8.77. The number of likely N-dealkylation sites (tertiary alicyclic amines) is 1. The van der Waals surface area contributed by atoms with E-state index in [1.54, 1.807) is 6.92 Å². The summed E-state index contributed by atoms with van der Waals surface area (Å²) in [5.41, 5.74) is -1.08. The summed E-state index contributed by atoms with van der Waals surface area (Å²) < 4.78 is 5.99. The molecule has 2 amide bonds. The van der Waals surface area contributed by atoms with Crippen LogP contribution in [0.1, 0.15) is 52.4 Å². The number of rotatable bonds is 3. The molecule has 1 saturated carbocycles. The van der Waals surface area contributed by atoms with Crippen molar-refractivity contribution in [2.24, 2.45) is 5.92 Å². The molecule has 130 valence electrons. The topological polar surface area (TPSA) is 78.9 Å². The Morgan fingerprint density at radius 1 is 1.35 bits per heavy atom. The standard InChI is InChI=1S/C17H28N2O4/c1-11(20)18-15-10-23-14-4-3-7-19(13(14)9-17(15,2)22)16(21)8-12-5-6-12/h12-15,22H,3-10H2,1-2H3,(H,18,20)/t13-,14-,15-,17-/m1/s1. The van der Waals surface area contributed by atoms with Crippen molar-refractivity contribution in [3.8, 4) is 0 Å².